The maximum absolute atomic E-state index is 5.65. The van der Waals surface area contributed by atoms with Crippen LogP contribution in [-0.2, 0) is 13.3 Å². The minimum atomic E-state index is -2.50. The van der Waals surface area contributed by atoms with E-state index in [1.54, 1.807) is 0 Å². The molecule has 0 amide bonds. The van der Waals surface area contributed by atoms with E-state index in [-0.39, 0.29) is 0 Å². The second-order valence-corrected chi connectivity index (χ2v) is 8.58. The van der Waals surface area contributed by atoms with Crippen LogP contribution in [0.5, 0.6) is 0 Å². The van der Waals surface area contributed by atoms with Crippen molar-refractivity contribution in [1.29, 1.82) is 0 Å². The Kier molecular flexibility index (Phi) is 22.9. The monoisotopic (exact) mass is 395 g/mol. The van der Waals surface area contributed by atoms with Crippen LogP contribution in [0, 0.1) is 0 Å². The third kappa shape index (κ3) is 18.7. The van der Waals surface area contributed by atoms with E-state index in [1.807, 2.05) is 20.8 Å². The molecule has 26 heavy (non-hydrogen) atoms. The van der Waals surface area contributed by atoms with E-state index in [1.165, 1.54) is 19.4 Å². The molecular formula is C17H45N5O3Si. The zero-order valence-electron chi connectivity index (χ0n) is 17.8. The third-order valence-corrected chi connectivity index (χ3v) is 6.15. The van der Waals surface area contributed by atoms with Crippen LogP contribution in [-0.4, -0.2) is 93.1 Å². The van der Waals surface area contributed by atoms with Gasteiger partial charge in [-0.15, -0.1) is 0 Å². The molecule has 0 saturated carbocycles. The van der Waals surface area contributed by atoms with E-state index in [4.69, 9.17) is 24.7 Å². The summed E-state index contributed by atoms with van der Waals surface area (Å²) in [7, 11) is 1.71. The van der Waals surface area contributed by atoms with Crippen LogP contribution >= 0.6 is 0 Å². The molecule has 0 heterocycles. The maximum atomic E-state index is 5.65. The average Bonchev–Trinajstić information content (AvgIpc) is 2.59. The molecule has 0 unspecified atom stereocenters. The van der Waals surface area contributed by atoms with Crippen molar-refractivity contribution in [2.24, 2.45) is 11.5 Å². The molecule has 0 spiro atoms. The summed E-state index contributed by atoms with van der Waals surface area (Å²) < 4.78 is 16.9. The van der Waals surface area contributed by atoms with Gasteiger partial charge in [0.2, 0.25) is 0 Å². The lowest BCUT2D eigenvalue weighted by Crippen LogP contribution is -2.55. The molecule has 9 heteroatoms. The molecule has 0 aliphatic heterocycles. The minimum Gasteiger partial charge on any atom is -0.373 e. The van der Waals surface area contributed by atoms with Gasteiger partial charge in [-0.2, -0.15) is 0 Å². The largest absolute Gasteiger partial charge is 0.515 e. The maximum Gasteiger partial charge on any atom is 0.515 e. The van der Waals surface area contributed by atoms with Crippen molar-refractivity contribution in [3.63, 3.8) is 0 Å². The molecule has 6 N–H and O–H groups in total. The van der Waals surface area contributed by atoms with E-state index in [0.717, 1.165) is 26.2 Å². The summed E-state index contributed by atoms with van der Waals surface area (Å²) in [5.41, 5.74) is 10.7. The van der Waals surface area contributed by atoms with Crippen LogP contribution in [0.1, 0.15) is 33.6 Å². The number of nitrogens with one attached hydrogen (secondary N) is 2. The molecule has 0 atom stereocenters. The Morgan fingerprint density at radius 1 is 0.769 bits per heavy atom. The van der Waals surface area contributed by atoms with Crippen molar-refractivity contribution in [3.8, 4) is 0 Å². The van der Waals surface area contributed by atoms with Crippen molar-refractivity contribution in [1.82, 2.24) is 15.5 Å². The van der Waals surface area contributed by atoms with Crippen molar-refractivity contribution in [2.75, 3.05) is 79.4 Å². The van der Waals surface area contributed by atoms with Crippen molar-refractivity contribution in [2.45, 2.75) is 33.6 Å². The van der Waals surface area contributed by atoms with Crippen LogP contribution in [0.2, 0.25) is 0 Å². The molecular weight excluding hydrogens is 350 g/mol. The van der Waals surface area contributed by atoms with Gasteiger partial charge in [-0.05, 0) is 60.8 Å². The minimum absolute atomic E-state index is 0.606. The number of nitrogens with two attached hydrogens (primary N) is 2. The van der Waals surface area contributed by atoms with E-state index in [0.29, 0.717) is 32.5 Å². The number of nitrogens with zero attached hydrogens (tertiary/aromatic N) is 1. The number of rotatable bonds is 17. The molecule has 0 aromatic heterocycles. The zero-order chi connectivity index (χ0) is 20.1. The van der Waals surface area contributed by atoms with Gasteiger partial charge in [0.25, 0.3) is 0 Å². The average molecular weight is 396 g/mol. The predicted molar refractivity (Wildman–Crippen MR) is 112 cm³/mol. The molecule has 0 saturated heterocycles. The van der Waals surface area contributed by atoms with Gasteiger partial charge in [-0.1, -0.05) is 0 Å². The summed E-state index contributed by atoms with van der Waals surface area (Å²) in [4.78, 5) is 2.21. The van der Waals surface area contributed by atoms with Crippen molar-refractivity contribution >= 4 is 8.80 Å². The lowest BCUT2D eigenvalue weighted by Gasteiger charge is -2.28. The summed E-state index contributed by atoms with van der Waals surface area (Å²) in [6, 6.07) is 0. The first-order valence-corrected chi connectivity index (χ1v) is 11.8. The summed E-state index contributed by atoms with van der Waals surface area (Å²) in [6.07, 6.45) is 3.14. The normalized spacial score (nSPS) is 11.5. The van der Waals surface area contributed by atoms with Crippen molar-refractivity contribution < 1.29 is 13.3 Å². The van der Waals surface area contributed by atoms with E-state index in [2.05, 4.69) is 29.6 Å². The Hall–Kier alpha value is -0.103. The molecule has 0 rings (SSSR count). The van der Waals surface area contributed by atoms with Crippen LogP contribution in [0.15, 0.2) is 0 Å². The first-order chi connectivity index (χ1) is 12.5. The highest BCUT2D eigenvalue weighted by molar-refractivity contribution is 6.60. The first kappa shape index (κ1) is 28.1. The van der Waals surface area contributed by atoms with Gasteiger partial charge in [0.05, 0.1) is 6.17 Å². The van der Waals surface area contributed by atoms with Crippen LogP contribution in [0.3, 0.4) is 0 Å². The van der Waals surface area contributed by atoms with Crippen LogP contribution in [0.25, 0.3) is 0 Å². The SMILES string of the molecule is CCO[Si](CNCCN)(OCC)OCC.CN(C)CCCCNCCN. The van der Waals surface area contributed by atoms with Gasteiger partial charge in [0, 0.05) is 46.0 Å². The van der Waals surface area contributed by atoms with Crippen LogP contribution < -0.4 is 22.1 Å². The molecule has 0 radical (unpaired) electrons. The Morgan fingerprint density at radius 2 is 1.27 bits per heavy atom. The Labute approximate surface area is 162 Å². The molecule has 0 fully saturated rings. The molecule has 0 aliphatic rings. The summed E-state index contributed by atoms with van der Waals surface area (Å²) >= 11 is 0. The van der Waals surface area contributed by atoms with Gasteiger partial charge in [0.1, 0.15) is 0 Å². The standard InChI is InChI=1S/C9H24N2O3Si.C8H21N3/c1-4-12-15(13-5-2,14-6-3)9-11-8-7-10;1-11(2)8-4-3-6-10-7-5-9/h11H,4-10H2,1-3H3;10H,3-9H2,1-2H3. The van der Waals surface area contributed by atoms with Crippen molar-refractivity contribution in [3.05, 3.63) is 0 Å². The van der Waals surface area contributed by atoms with E-state index >= 15 is 0 Å². The van der Waals surface area contributed by atoms with Gasteiger partial charge in [-0.3, -0.25) is 0 Å². The number of hydrogen-bond donors (Lipinski definition) is 4. The summed E-state index contributed by atoms with van der Waals surface area (Å²) in [6.45, 7) is 13.0. The summed E-state index contributed by atoms with van der Waals surface area (Å²) in [5.74, 6) is 0. The lowest BCUT2D eigenvalue weighted by molar-refractivity contribution is 0.0702. The lowest BCUT2D eigenvalue weighted by atomic mass is 10.3. The smallest absolute Gasteiger partial charge is 0.373 e. The molecule has 0 bridgehead atoms. The third-order valence-electron chi connectivity index (χ3n) is 3.29. The Morgan fingerprint density at radius 3 is 1.69 bits per heavy atom. The van der Waals surface area contributed by atoms with Gasteiger partial charge in [0.15, 0.2) is 0 Å². The van der Waals surface area contributed by atoms with E-state index < -0.39 is 8.80 Å². The highest BCUT2D eigenvalue weighted by Gasteiger charge is 2.39. The van der Waals surface area contributed by atoms with Gasteiger partial charge in [-0.25, -0.2) is 0 Å². The highest BCUT2D eigenvalue weighted by atomic mass is 28.4. The fourth-order valence-corrected chi connectivity index (χ4v) is 4.55. The van der Waals surface area contributed by atoms with Gasteiger partial charge < -0.3 is 40.3 Å². The second kappa shape index (κ2) is 21.2. The predicted octanol–water partition coefficient (Wildman–Crippen LogP) is -0.00120. The Balaban J connectivity index is 0. The second-order valence-electron chi connectivity index (χ2n) is 6.00. The number of hydrogen-bond acceptors (Lipinski definition) is 8. The summed E-state index contributed by atoms with van der Waals surface area (Å²) in [5, 5.41) is 6.46. The fraction of sp³-hybridized carbons (Fsp3) is 1.00. The Bertz CT molecular complexity index is 260. The molecule has 0 aromatic carbocycles. The topological polar surface area (TPSA) is 107 Å². The number of unbranched alkanes of at least 4 members (excludes halogenated alkanes) is 1. The highest BCUT2D eigenvalue weighted by Crippen LogP contribution is 2.08. The van der Waals surface area contributed by atoms with E-state index in [9.17, 15) is 0 Å². The van der Waals surface area contributed by atoms with Crippen LogP contribution in [0.4, 0.5) is 0 Å². The molecule has 8 nitrogen and oxygen atoms in total. The molecule has 0 aromatic rings. The zero-order valence-corrected chi connectivity index (χ0v) is 18.8. The quantitative estimate of drug-likeness (QED) is 0.201. The fourth-order valence-electron chi connectivity index (χ4n) is 2.19. The van der Waals surface area contributed by atoms with Gasteiger partial charge >= 0.3 is 8.80 Å². The molecule has 160 valence electrons. The first-order valence-electron chi connectivity index (χ1n) is 9.89. The molecule has 0 aliphatic carbocycles.